The van der Waals surface area contributed by atoms with Crippen molar-refractivity contribution in [3.63, 3.8) is 0 Å². The first-order chi connectivity index (χ1) is 14.7. The van der Waals surface area contributed by atoms with E-state index in [0.29, 0.717) is 13.0 Å². The van der Waals surface area contributed by atoms with Crippen LogP contribution in [0, 0.1) is 0 Å². The SMILES string of the molecule is O=C(CN1CCCN(Cc2ccccc2)c2ccccc21)N[C@@H]1CCCCNC1=O. The normalized spacial score (nSPS) is 19.3. The molecule has 6 heteroatoms. The maximum atomic E-state index is 12.8. The van der Waals surface area contributed by atoms with Crippen LogP contribution >= 0.6 is 0 Å². The zero-order chi connectivity index (χ0) is 20.8. The third-order valence-corrected chi connectivity index (χ3v) is 5.84. The molecule has 2 heterocycles. The lowest BCUT2D eigenvalue weighted by Gasteiger charge is -2.28. The molecule has 2 N–H and O–H groups in total. The fourth-order valence-corrected chi connectivity index (χ4v) is 4.31. The first-order valence-electron chi connectivity index (χ1n) is 10.9. The molecular weight excluding hydrogens is 376 g/mol. The maximum absolute atomic E-state index is 12.8. The summed E-state index contributed by atoms with van der Waals surface area (Å²) in [6.45, 7) is 3.56. The zero-order valence-electron chi connectivity index (χ0n) is 17.3. The average molecular weight is 407 g/mol. The number of hydrogen-bond donors (Lipinski definition) is 2. The summed E-state index contributed by atoms with van der Waals surface area (Å²) in [6, 6.07) is 18.3. The van der Waals surface area contributed by atoms with Crippen LogP contribution in [0.2, 0.25) is 0 Å². The average Bonchev–Trinajstić information content (AvgIpc) is 3.06. The van der Waals surface area contributed by atoms with Gasteiger partial charge in [0.05, 0.1) is 17.9 Å². The molecule has 1 fully saturated rings. The Morgan fingerprint density at radius 3 is 2.43 bits per heavy atom. The fraction of sp³-hybridized carbons (Fsp3) is 0.417. The van der Waals surface area contributed by atoms with E-state index in [2.05, 4.69) is 62.9 Å². The second-order valence-electron chi connectivity index (χ2n) is 8.08. The van der Waals surface area contributed by atoms with Crippen molar-refractivity contribution >= 4 is 23.2 Å². The van der Waals surface area contributed by atoms with E-state index in [0.717, 1.165) is 50.3 Å². The Morgan fingerprint density at radius 1 is 0.933 bits per heavy atom. The van der Waals surface area contributed by atoms with Crippen LogP contribution in [0.5, 0.6) is 0 Å². The first kappa shape index (κ1) is 20.3. The van der Waals surface area contributed by atoms with E-state index in [-0.39, 0.29) is 18.4 Å². The van der Waals surface area contributed by atoms with Gasteiger partial charge >= 0.3 is 0 Å². The Labute approximate surface area is 178 Å². The molecule has 0 aromatic heterocycles. The van der Waals surface area contributed by atoms with Crippen molar-refractivity contribution in [1.29, 1.82) is 0 Å². The quantitative estimate of drug-likeness (QED) is 0.801. The smallest absolute Gasteiger partial charge is 0.242 e. The second-order valence-corrected chi connectivity index (χ2v) is 8.08. The predicted molar refractivity (Wildman–Crippen MR) is 120 cm³/mol. The summed E-state index contributed by atoms with van der Waals surface area (Å²) in [6.07, 6.45) is 3.59. The zero-order valence-corrected chi connectivity index (χ0v) is 17.3. The van der Waals surface area contributed by atoms with Gasteiger partial charge in [-0.05, 0) is 43.4 Å². The van der Waals surface area contributed by atoms with E-state index in [1.54, 1.807) is 0 Å². The Balaban J connectivity index is 1.47. The highest BCUT2D eigenvalue weighted by Gasteiger charge is 2.25. The van der Waals surface area contributed by atoms with E-state index >= 15 is 0 Å². The number of para-hydroxylation sites is 2. The Hall–Kier alpha value is -3.02. The third kappa shape index (κ3) is 4.93. The topological polar surface area (TPSA) is 64.7 Å². The van der Waals surface area contributed by atoms with Gasteiger partial charge in [-0.3, -0.25) is 9.59 Å². The van der Waals surface area contributed by atoms with Gasteiger partial charge in [0.25, 0.3) is 0 Å². The lowest BCUT2D eigenvalue weighted by atomic mass is 10.1. The minimum absolute atomic E-state index is 0.0637. The number of nitrogens with zero attached hydrogens (tertiary/aromatic N) is 2. The predicted octanol–water partition coefficient (Wildman–Crippen LogP) is 2.69. The molecule has 0 spiro atoms. The summed E-state index contributed by atoms with van der Waals surface area (Å²) in [5.74, 6) is -0.158. The van der Waals surface area contributed by atoms with Gasteiger partial charge in [0.1, 0.15) is 6.04 Å². The van der Waals surface area contributed by atoms with Crippen LogP contribution in [0.3, 0.4) is 0 Å². The molecule has 2 aliphatic heterocycles. The van der Waals surface area contributed by atoms with Crippen LogP contribution in [-0.2, 0) is 16.1 Å². The van der Waals surface area contributed by atoms with Crippen LogP contribution in [0.1, 0.15) is 31.2 Å². The van der Waals surface area contributed by atoms with Gasteiger partial charge < -0.3 is 20.4 Å². The molecule has 2 aromatic rings. The number of hydrogen-bond acceptors (Lipinski definition) is 4. The van der Waals surface area contributed by atoms with Crippen LogP contribution in [-0.4, -0.2) is 44.0 Å². The highest BCUT2D eigenvalue weighted by atomic mass is 16.2. The molecule has 0 aliphatic carbocycles. The number of carbonyl (C=O) groups is 2. The van der Waals surface area contributed by atoms with Gasteiger partial charge in [0, 0.05) is 26.2 Å². The standard InChI is InChI=1S/C24H30N4O2/c29-23(26-20-11-6-7-14-25-24(20)30)18-28-16-8-15-27(17-19-9-2-1-3-10-19)21-12-4-5-13-22(21)28/h1-5,9-10,12-13,20H,6-8,11,14-18H2,(H,25,30)(H,26,29)/t20-/m1/s1. The number of amides is 2. The molecule has 2 aliphatic rings. The lowest BCUT2D eigenvalue weighted by Crippen LogP contribution is -2.48. The van der Waals surface area contributed by atoms with Crippen molar-refractivity contribution in [3.8, 4) is 0 Å². The molecule has 2 amide bonds. The van der Waals surface area contributed by atoms with Crippen molar-refractivity contribution < 1.29 is 9.59 Å². The molecule has 0 saturated carbocycles. The van der Waals surface area contributed by atoms with E-state index in [1.807, 2.05) is 12.1 Å². The second kappa shape index (κ2) is 9.65. The van der Waals surface area contributed by atoms with Gasteiger partial charge in [-0.1, -0.05) is 42.5 Å². The van der Waals surface area contributed by atoms with E-state index in [4.69, 9.17) is 0 Å². The largest absolute Gasteiger partial charge is 0.365 e. The first-order valence-corrected chi connectivity index (χ1v) is 10.9. The summed E-state index contributed by atoms with van der Waals surface area (Å²) in [4.78, 5) is 29.5. The number of fused-ring (bicyclic) bond motifs is 1. The van der Waals surface area contributed by atoms with Crippen molar-refractivity contribution in [3.05, 3.63) is 60.2 Å². The Bertz CT molecular complexity index is 871. The molecule has 2 aromatic carbocycles. The van der Waals surface area contributed by atoms with Gasteiger partial charge in [0.15, 0.2) is 0 Å². The van der Waals surface area contributed by atoms with Gasteiger partial charge in [-0.15, -0.1) is 0 Å². The number of nitrogens with one attached hydrogen (secondary N) is 2. The van der Waals surface area contributed by atoms with E-state index in [1.165, 1.54) is 5.56 Å². The molecule has 0 bridgehead atoms. The number of rotatable bonds is 5. The van der Waals surface area contributed by atoms with Crippen molar-refractivity contribution in [2.24, 2.45) is 0 Å². The minimum Gasteiger partial charge on any atom is -0.365 e. The minimum atomic E-state index is -0.420. The number of anilines is 2. The van der Waals surface area contributed by atoms with Crippen LogP contribution in [0.4, 0.5) is 11.4 Å². The van der Waals surface area contributed by atoms with Crippen molar-refractivity contribution in [2.45, 2.75) is 38.3 Å². The van der Waals surface area contributed by atoms with E-state index in [9.17, 15) is 9.59 Å². The van der Waals surface area contributed by atoms with Crippen LogP contribution < -0.4 is 20.4 Å². The lowest BCUT2D eigenvalue weighted by molar-refractivity contribution is -0.128. The van der Waals surface area contributed by atoms with Gasteiger partial charge in [-0.25, -0.2) is 0 Å². The summed E-state index contributed by atoms with van der Waals surface area (Å²) in [5, 5.41) is 5.84. The van der Waals surface area contributed by atoms with Gasteiger partial charge in [-0.2, -0.15) is 0 Å². The Morgan fingerprint density at radius 2 is 1.63 bits per heavy atom. The molecule has 4 rings (SSSR count). The maximum Gasteiger partial charge on any atom is 0.242 e. The molecule has 0 unspecified atom stereocenters. The van der Waals surface area contributed by atoms with Crippen molar-refractivity contribution in [1.82, 2.24) is 10.6 Å². The molecule has 6 nitrogen and oxygen atoms in total. The fourth-order valence-electron chi connectivity index (χ4n) is 4.31. The summed E-state index contributed by atoms with van der Waals surface area (Å²) in [5.41, 5.74) is 3.50. The molecule has 0 radical (unpaired) electrons. The molecule has 1 atom stereocenters. The summed E-state index contributed by atoms with van der Waals surface area (Å²) < 4.78 is 0. The molecule has 1 saturated heterocycles. The number of benzene rings is 2. The molecule has 158 valence electrons. The highest BCUT2D eigenvalue weighted by molar-refractivity contribution is 5.90. The van der Waals surface area contributed by atoms with Crippen LogP contribution in [0.25, 0.3) is 0 Å². The Kier molecular flexibility index (Phi) is 6.52. The third-order valence-electron chi connectivity index (χ3n) is 5.84. The summed E-state index contributed by atoms with van der Waals surface area (Å²) >= 11 is 0. The van der Waals surface area contributed by atoms with Crippen molar-refractivity contribution in [2.75, 3.05) is 36.0 Å². The van der Waals surface area contributed by atoms with Gasteiger partial charge in [0.2, 0.25) is 11.8 Å². The van der Waals surface area contributed by atoms with Crippen LogP contribution in [0.15, 0.2) is 54.6 Å². The number of carbonyl (C=O) groups excluding carboxylic acids is 2. The molecular formula is C24H30N4O2. The highest BCUT2D eigenvalue weighted by Crippen LogP contribution is 2.33. The van der Waals surface area contributed by atoms with E-state index < -0.39 is 6.04 Å². The summed E-state index contributed by atoms with van der Waals surface area (Å²) in [7, 11) is 0. The molecule has 30 heavy (non-hydrogen) atoms. The monoisotopic (exact) mass is 406 g/mol.